The van der Waals surface area contributed by atoms with E-state index in [0.717, 1.165) is 16.3 Å². The quantitative estimate of drug-likeness (QED) is 0.627. The summed E-state index contributed by atoms with van der Waals surface area (Å²) in [5, 5.41) is 0. The second-order valence-corrected chi connectivity index (χ2v) is 5.15. The fourth-order valence-electron chi connectivity index (χ4n) is 1.07. The fourth-order valence-corrected chi connectivity index (χ4v) is 1.97. The van der Waals surface area contributed by atoms with Crippen LogP contribution in [0.2, 0.25) is 0 Å². The van der Waals surface area contributed by atoms with Gasteiger partial charge in [0.15, 0.2) is 0 Å². The molecule has 0 aromatic heterocycles. The highest BCUT2D eigenvalue weighted by atomic mass is 79.9. The Hall–Kier alpha value is -0.190. The maximum absolute atomic E-state index is 10.9. The summed E-state index contributed by atoms with van der Waals surface area (Å²) >= 11 is 9.90. The molecule has 0 amide bonds. The lowest BCUT2D eigenvalue weighted by atomic mass is 10.0. The van der Waals surface area contributed by atoms with E-state index >= 15 is 0 Å². The van der Waals surface area contributed by atoms with Gasteiger partial charge in [0.1, 0.15) is 6.29 Å². The van der Waals surface area contributed by atoms with Crippen molar-refractivity contribution in [2.24, 2.45) is 0 Å². The normalized spacial score (nSPS) is 12.1. The molecular weight excluding hydrogens is 280 g/mol. The molecule has 4 heteroatoms. The maximum Gasteiger partial charge on any atom is 0.133 e. The van der Waals surface area contributed by atoms with E-state index in [1.807, 2.05) is 30.5 Å². The van der Waals surface area contributed by atoms with Gasteiger partial charge in [-0.05, 0) is 24.0 Å². The van der Waals surface area contributed by atoms with Gasteiger partial charge in [0, 0.05) is 4.47 Å². The average molecular weight is 289 g/mol. The van der Waals surface area contributed by atoms with Crippen LogP contribution in [0.25, 0.3) is 0 Å². The van der Waals surface area contributed by atoms with Crippen molar-refractivity contribution in [1.82, 2.24) is 0 Å². The van der Waals surface area contributed by atoms with Gasteiger partial charge >= 0.3 is 0 Å². The van der Waals surface area contributed by atoms with Crippen molar-refractivity contribution < 1.29 is 4.79 Å². The minimum absolute atomic E-state index is 0.270. The first kappa shape index (κ1) is 11.9. The van der Waals surface area contributed by atoms with Crippen LogP contribution in [0.1, 0.15) is 11.5 Å². The van der Waals surface area contributed by atoms with Crippen LogP contribution < -0.4 is 0 Å². The van der Waals surface area contributed by atoms with Gasteiger partial charge in [-0.15, -0.1) is 11.8 Å². The number of aldehydes is 1. The van der Waals surface area contributed by atoms with E-state index in [4.69, 9.17) is 12.2 Å². The molecule has 0 bridgehead atoms. The number of rotatable bonds is 3. The number of halogens is 1. The van der Waals surface area contributed by atoms with Crippen LogP contribution in [0.5, 0.6) is 0 Å². The summed E-state index contributed by atoms with van der Waals surface area (Å²) in [5.41, 5.74) is 0.947. The van der Waals surface area contributed by atoms with Gasteiger partial charge in [-0.1, -0.05) is 40.3 Å². The summed E-state index contributed by atoms with van der Waals surface area (Å²) in [4.78, 5) is 10.9. The number of thioether (sulfide) groups is 1. The predicted molar refractivity (Wildman–Crippen MR) is 69.1 cm³/mol. The Kier molecular flexibility index (Phi) is 4.78. The Morgan fingerprint density at radius 3 is 2.50 bits per heavy atom. The van der Waals surface area contributed by atoms with Crippen molar-refractivity contribution in [1.29, 1.82) is 0 Å². The van der Waals surface area contributed by atoms with Crippen molar-refractivity contribution in [2.75, 3.05) is 6.26 Å². The third-order valence-corrected chi connectivity index (χ3v) is 3.76. The third kappa shape index (κ3) is 2.90. The van der Waals surface area contributed by atoms with Crippen LogP contribution in [0, 0.1) is 0 Å². The standard InChI is InChI=1S/C10H9BrOS2/c1-14-10(13)9(6-12)7-2-4-8(11)5-3-7/h2-6,9H,1H3. The zero-order chi connectivity index (χ0) is 10.6. The number of hydrogen-bond acceptors (Lipinski definition) is 3. The van der Waals surface area contributed by atoms with Crippen LogP contribution in [0.15, 0.2) is 28.7 Å². The first-order valence-electron chi connectivity index (χ1n) is 3.97. The van der Waals surface area contributed by atoms with E-state index in [0.29, 0.717) is 4.20 Å². The molecule has 74 valence electrons. The van der Waals surface area contributed by atoms with Crippen LogP contribution in [0.3, 0.4) is 0 Å². The van der Waals surface area contributed by atoms with Crippen molar-refractivity contribution >= 4 is 50.4 Å². The van der Waals surface area contributed by atoms with Crippen molar-refractivity contribution in [3.05, 3.63) is 34.3 Å². The molecule has 0 saturated carbocycles. The Balaban J connectivity index is 2.95. The Labute approximate surface area is 101 Å². The Morgan fingerprint density at radius 1 is 1.50 bits per heavy atom. The van der Waals surface area contributed by atoms with Crippen LogP contribution in [0.4, 0.5) is 0 Å². The molecule has 0 aliphatic carbocycles. The van der Waals surface area contributed by atoms with E-state index in [1.54, 1.807) is 0 Å². The second kappa shape index (κ2) is 5.63. The molecule has 0 saturated heterocycles. The van der Waals surface area contributed by atoms with Gasteiger partial charge in [0.05, 0.1) is 10.1 Å². The molecule has 0 radical (unpaired) electrons. The molecule has 0 spiro atoms. The van der Waals surface area contributed by atoms with E-state index in [2.05, 4.69) is 15.9 Å². The SMILES string of the molecule is CSC(=S)C(C=O)c1ccc(Br)cc1. The molecule has 1 nitrogen and oxygen atoms in total. The van der Waals surface area contributed by atoms with Gasteiger partial charge < -0.3 is 4.79 Å². The minimum Gasteiger partial charge on any atom is -0.302 e. The number of hydrogen-bond donors (Lipinski definition) is 0. The molecule has 0 aliphatic rings. The fraction of sp³-hybridized carbons (Fsp3) is 0.200. The molecule has 1 rings (SSSR count). The van der Waals surface area contributed by atoms with Gasteiger partial charge in [-0.25, -0.2) is 0 Å². The number of benzene rings is 1. The first-order chi connectivity index (χ1) is 6.69. The average Bonchev–Trinajstić information content (AvgIpc) is 2.21. The smallest absolute Gasteiger partial charge is 0.133 e. The molecule has 14 heavy (non-hydrogen) atoms. The molecule has 1 aromatic rings. The molecular formula is C10H9BrOS2. The summed E-state index contributed by atoms with van der Waals surface area (Å²) in [5.74, 6) is -0.270. The Bertz CT molecular complexity index is 334. The molecule has 1 aromatic carbocycles. The molecule has 0 fully saturated rings. The molecule has 1 atom stereocenters. The monoisotopic (exact) mass is 288 g/mol. The predicted octanol–water partition coefficient (Wildman–Crippen LogP) is 3.42. The number of carbonyl (C=O) groups excluding carboxylic acids is 1. The largest absolute Gasteiger partial charge is 0.302 e. The van der Waals surface area contributed by atoms with Gasteiger partial charge in [-0.3, -0.25) is 0 Å². The lowest BCUT2D eigenvalue weighted by Gasteiger charge is -2.09. The third-order valence-electron chi connectivity index (χ3n) is 1.82. The highest BCUT2D eigenvalue weighted by Crippen LogP contribution is 2.22. The highest BCUT2D eigenvalue weighted by Gasteiger charge is 2.14. The number of thiocarbonyl (C=S) groups is 1. The van der Waals surface area contributed by atoms with E-state index in [1.165, 1.54) is 11.8 Å². The van der Waals surface area contributed by atoms with Gasteiger partial charge in [0.25, 0.3) is 0 Å². The van der Waals surface area contributed by atoms with Crippen molar-refractivity contribution in [3.8, 4) is 0 Å². The van der Waals surface area contributed by atoms with Crippen molar-refractivity contribution in [3.63, 3.8) is 0 Å². The van der Waals surface area contributed by atoms with E-state index in [9.17, 15) is 4.79 Å². The molecule has 1 unspecified atom stereocenters. The topological polar surface area (TPSA) is 17.1 Å². The summed E-state index contributed by atoms with van der Waals surface area (Å²) in [6.07, 6.45) is 2.78. The number of carbonyl (C=O) groups is 1. The second-order valence-electron chi connectivity index (χ2n) is 2.69. The first-order valence-corrected chi connectivity index (χ1v) is 6.40. The van der Waals surface area contributed by atoms with Crippen LogP contribution in [-0.2, 0) is 4.79 Å². The maximum atomic E-state index is 10.9. The lowest BCUT2D eigenvalue weighted by molar-refractivity contribution is -0.107. The van der Waals surface area contributed by atoms with Gasteiger partial charge in [-0.2, -0.15) is 0 Å². The Morgan fingerprint density at radius 2 is 2.07 bits per heavy atom. The molecule has 0 N–H and O–H groups in total. The molecule has 0 aliphatic heterocycles. The zero-order valence-electron chi connectivity index (χ0n) is 7.57. The summed E-state index contributed by atoms with van der Waals surface area (Å²) in [6, 6.07) is 7.64. The van der Waals surface area contributed by atoms with E-state index < -0.39 is 0 Å². The van der Waals surface area contributed by atoms with Gasteiger partial charge in [0.2, 0.25) is 0 Å². The van der Waals surface area contributed by atoms with E-state index in [-0.39, 0.29) is 5.92 Å². The van der Waals surface area contributed by atoms with Crippen LogP contribution >= 0.6 is 39.9 Å². The highest BCUT2D eigenvalue weighted by molar-refractivity contribution is 9.10. The molecule has 0 heterocycles. The summed E-state index contributed by atoms with van der Waals surface area (Å²) < 4.78 is 1.71. The lowest BCUT2D eigenvalue weighted by Crippen LogP contribution is -2.07. The van der Waals surface area contributed by atoms with Crippen molar-refractivity contribution in [2.45, 2.75) is 5.92 Å². The van der Waals surface area contributed by atoms with Crippen LogP contribution in [-0.4, -0.2) is 16.7 Å². The zero-order valence-corrected chi connectivity index (χ0v) is 10.8. The summed E-state index contributed by atoms with van der Waals surface area (Å²) in [6.45, 7) is 0. The summed E-state index contributed by atoms with van der Waals surface area (Å²) in [7, 11) is 0. The minimum atomic E-state index is -0.270.